The first kappa shape index (κ1) is 18.0. The quantitative estimate of drug-likeness (QED) is 0.899. The molecule has 3 unspecified atom stereocenters. The second kappa shape index (κ2) is 7.34. The molecule has 0 amide bonds. The van der Waals surface area contributed by atoms with E-state index in [0.717, 1.165) is 43.5 Å². The molecule has 0 aromatic heterocycles. The molecule has 0 bridgehead atoms. The number of rotatable bonds is 4. The fourth-order valence-electron chi connectivity index (χ4n) is 5.07. The van der Waals surface area contributed by atoms with E-state index in [-0.39, 0.29) is 11.5 Å². The Morgan fingerprint density at radius 1 is 1.22 bits per heavy atom. The summed E-state index contributed by atoms with van der Waals surface area (Å²) in [5.41, 5.74) is 4.74. The molecule has 1 spiro atoms. The normalized spacial score (nSPS) is 26.6. The summed E-state index contributed by atoms with van der Waals surface area (Å²) in [4.78, 5) is 0. The van der Waals surface area contributed by atoms with Gasteiger partial charge in [-0.1, -0.05) is 18.2 Å². The Labute approximate surface area is 161 Å². The fraction of sp³-hybridized carbons (Fsp3) is 0.435. The maximum atomic E-state index is 9.15. The summed E-state index contributed by atoms with van der Waals surface area (Å²) < 4.78 is 11.5. The lowest BCUT2D eigenvalue weighted by Crippen LogP contribution is -2.47. The molecule has 1 aliphatic carbocycles. The van der Waals surface area contributed by atoms with Crippen LogP contribution in [0.1, 0.15) is 41.2 Å². The molecule has 1 heterocycles. The lowest BCUT2D eigenvalue weighted by atomic mass is 9.71. The Morgan fingerprint density at radius 3 is 2.89 bits per heavy atom. The van der Waals surface area contributed by atoms with E-state index in [2.05, 4.69) is 35.7 Å². The number of hydrogen-bond acceptors (Lipinski definition) is 4. The molecule has 0 saturated carbocycles. The number of nitrogens with zero attached hydrogens (tertiary/aromatic N) is 1. The fourth-order valence-corrected chi connectivity index (χ4v) is 5.07. The molecule has 1 aliphatic heterocycles. The standard InChI is InChI=1S/C23H26N2O2/c1-26-20-7-6-18-13-23(22(27-2)21(18)12-20)8-9-25-19(14-23)11-16-4-3-5-17(10-16)15-24/h3-7,10,12,19,22,25H,8-9,11,13-14H2,1-2H3. The van der Waals surface area contributed by atoms with Crippen molar-refractivity contribution in [2.75, 3.05) is 20.8 Å². The van der Waals surface area contributed by atoms with Gasteiger partial charge in [-0.3, -0.25) is 0 Å². The van der Waals surface area contributed by atoms with Crippen molar-refractivity contribution in [1.82, 2.24) is 5.32 Å². The van der Waals surface area contributed by atoms with E-state index in [1.54, 1.807) is 7.11 Å². The molecule has 27 heavy (non-hydrogen) atoms. The zero-order valence-corrected chi connectivity index (χ0v) is 16.0. The minimum absolute atomic E-state index is 0.109. The zero-order chi connectivity index (χ0) is 18.9. The van der Waals surface area contributed by atoms with E-state index in [9.17, 15) is 0 Å². The number of hydrogen-bond donors (Lipinski definition) is 1. The third kappa shape index (κ3) is 3.34. The van der Waals surface area contributed by atoms with Gasteiger partial charge >= 0.3 is 0 Å². The van der Waals surface area contributed by atoms with Crippen LogP contribution in [0, 0.1) is 16.7 Å². The third-order valence-corrected chi connectivity index (χ3v) is 6.22. The number of methoxy groups -OCH3 is 2. The Kier molecular flexibility index (Phi) is 4.90. The highest BCUT2D eigenvalue weighted by atomic mass is 16.5. The van der Waals surface area contributed by atoms with Gasteiger partial charge in [0.15, 0.2) is 0 Å². The van der Waals surface area contributed by atoms with Crippen molar-refractivity contribution in [3.05, 3.63) is 64.7 Å². The van der Waals surface area contributed by atoms with E-state index in [0.29, 0.717) is 6.04 Å². The first-order valence-corrected chi connectivity index (χ1v) is 9.59. The number of piperidine rings is 1. The van der Waals surface area contributed by atoms with Gasteiger partial charge in [0.2, 0.25) is 0 Å². The van der Waals surface area contributed by atoms with Crippen molar-refractivity contribution in [1.29, 1.82) is 5.26 Å². The summed E-state index contributed by atoms with van der Waals surface area (Å²) in [6, 6.07) is 17.0. The highest BCUT2D eigenvalue weighted by Gasteiger charge is 2.49. The molecule has 4 heteroatoms. The highest BCUT2D eigenvalue weighted by molar-refractivity contribution is 5.43. The van der Waals surface area contributed by atoms with E-state index in [4.69, 9.17) is 14.7 Å². The molecular weight excluding hydrogens is 336 g/mol. The van der Waals surface area contributed by atoms with Crippen LogP contribution in [0.15, 0.2) is 42.5 Å². The van der Waals surface area contributed by atoms with E-state index in [1.807, 2.05) is 25.3 Å². The molecular formula is C23H26N2O2. The van der Waals surface area contributed by atoms with Crippen molar-refractivity contribution in [2.24, 2.45) is 5.41 Å². The van der Waals surface area contributed by atoms with E-state index in [1.165, 1.54) is 16.7 Å². The van der Waals surface area contributed by atoms with Crippen LogP contribution < -0.4 is 10.1 Å². The van der Waals surface area contributed by atoms with Crippen LogP contribution in [0.25, 0.3) is 0 Å². The molecule has 4 rings (SSSR count). The average molecular weight is 362 g/mol. The number of nitriles is 1. The maximum Gasteiger partial charge on any atom is 0.119 e. The lowest BCUT2D eigenvalue weighted by molar-refractivity contribution is -0.0290. The molecule has 140 valence electrons. The second-order valence-corrected chi connectivity index (χ2v) is 7.84. The molecule has 2 aliphatic rings. The Balaban J connectivity index is 1.57. The second-order valence-electron chi connectivity index (χ2n) is 7.84. The molecule has 4 nitrogen and oxygen atoms in total. The van der Waals surface area contributed by atoms with Crippen molar-refractivity contribution in [2.45, 2.75) is 37.8 Å². The van der Waals surface area contributed by atoms with Crippen LogP contribution in [-0.2, 0) is 17.6 Å². The topological polar surface area (TPSA) is 54.3 Å². The number of benzene rings is 2. The van der Waals surface area contributed by atoms with Gasteiger partial charge in [0, 0.05) is 18.6 Å². The highest BCUT2D eigenvalue weighted by Crippen LogP contribution is 2.54. The van der Waals surface area contributed by atoms with Crippen LogP contribution in [0.2, 0.25) is 0 Å². The summed E-state index contributed by atoms with van der Waals surface area (Å²) in [7, 11) is 3.54. The molecule has 2 aromatic rings. The minimum Gasteiger partial charge on any atom is -0.497 e. The summed E-state index contributed by atoms with van der Waals surface area (Å²) >= 11 is 0. The Morgan fingerprint density at radius 2 is 2.11 bits per heavy atom. The largest absolute Gasteiger partial charge is 0.497 e. The van der Waals surface area contributed by atoms with Gasteiger partial charge in [0.1, 0.15) is 5.75 Å². The number of nitrogens with one attached hydrogen (secondary N) is 1. The SMILES string of the molecule is COc1ccc2c(c1)C(OC)C1(CCNC(Cc3cccc(C#N)c3)C1)C2. The first-order chi connectivity index (χ1) is 13.2. The third-order valence-electron chi connectivity index (χ3n) is 6.22. The first-order valence-electron chi connectivity index (χ1n) is 9.59. The summed E-state index contributed by atoms with van der Waals surface area (Å²) in [5.74, 6) is 0.895. The lowest BCUT2D eigenvalue weighted by Gasteiger charge is -2.42. The summed E-state index contributed by atoms with van der Waals surface area (Å²) in [6.07, 6.45) is 4.28. The summed E-state index contributed by atoms with van der Waals surface area (Å²) in [5, 5.41) is 12.8. The van der Waals surface area contributed by atoms with E-state index >= 15 is 0 Å². The van der Waals surface area contributed by atoms with Gasteiger partial charge in [-0.05, 0) is 73.2 Å². The van der Waals surface area contributed by atoms with Gasteiger partial charge < -0.3 is 14.8 Å². The van der Waals surface area contributed by atoms with Crippen molar-refractivity contribution in [3.63, 3.8) is 0 Å². The maximum absolute atomic E-state index is 9.15. The Hall–Kier alpha value is -2.35. The van der Waals surface area contributed by atoms with E-state index < -0.39 is 0 Å². The van der Waals surface area contributed by atoms with Gasteiger partial charge in [-0.15, -0.1) is 0 Å². The van der Waals surface area contributed by atoms with Crippen molar-refractivity contribution >= 4 is 0 Å². The summed E-state index contributed by atoms with van der Waals surface area (Å²) in [6.45, 7) is 0.994. The van der Waals surface area contributed by atoms with Crippen molar-refractivity contribution in [3.8, 4) is 11.8 Å². The van der Waals surface area contributed by atoms with Crippen LogP contribution >= 0.6 is 0 Å². The molecule has 2 aromatic carbocycles. The molecule has 1 fully saturated rings. The zero-order valence-electron chi connectivity index (χ0n) is 16.0. The van der Waals surface area contributed by atoms with Crippen LogP contribution in [0.5, 0.6) is 5.75 Å². The van der Waals surface area contributed by atoms with Crippen LogP contribution in [0.3, 0.4) is 0 Å². The van der Waals surface area contributed by atoms with Crippen LogP contribution in [0.4, 0.5) is 0 Å². The smallest absolute Gasteiger partial charge is 0.119 e. The van der Waals surface area contributed by atoms with Crippen molar-refractivity contribution < 1.29 is 9.47 Å². The van der Waals surface area contributed by atoms with Gasteiger partial charge in [0.25, 0.3) is 0 Å². The molecule has 1 N–H and O–H groups in total. The van der Waals surface area contributed by atoms with Gasteiger partial charge in [-0.25, -0.2) is 0 Å². The predicted molar refractivity (Wildman–Crippen MR) is 105 cm³/mol. The van der Waals surface area contributed by atoms with Crippen LogP contribution in [-0.4, -0.2) is 26.8 Å². The number of fused-ring (bicyclic) bond motifs is 1. The predicted octanol–water partition coefficient (Wildman–Crippen LogP) is 3.79. The van der Waals surface area contributed by atoms with Gasteiger partial charge in [0.05, 0.1) is 24.8 Å². The minimum atomic E-state index is 0.109. The number of ether oxygens (including phenoxy) is 2. The van der Waals surface area contributed by atoms with Gasteiger partial charge in [-0.2, -0.15) is 5.26 Å². The molecule has 0 radical (unpaired) electrons. The monoisotopic (exact) mass is 362 g/mol. The molecule has 3 atom stereocenters. The Bertz CT molecular complexity index is 873. The molecule has 1 saturated heterocycles. The average Bonchev–Trinajstić information content (AvgIpc) is 2.99.